The Labute approximate surface area is 85.2 Å². The van der Waals surface area contributed by atoms with Gasteiger partial charge in [-0.2, -0.15) is 0 Å². The van der Waals surface area contributed by atoms with Crippen molar-refractivity contribution in [3.8, 4) is 0 Å². The van der Waals surface area contributed by atoms with Crippen molar-refractivity contribution in [3.63, 3.8) is 0 Å². The third kappa shape index (κ3) is 1.78. The molecule has 14 heavy (non-hydrogen) atoms. The minimum atomic E-state index is -0.0590. The summed E-state index contributed by atoms with van der Waals surface area (Å²) in [5, 5.41) is 3.30. The van der Waals surface area contributed by atoms with Gasteiger partial charge in [-0.15, -0.1) is 0 Å². The van der Waals surface area contributed by atoms with E-state index in [9.17, 15) is 4.79 Å². The van der Waals surface area contributed by atoms with Gasteiger partial charge in [0.1, 0.15) is 6.04 Å². The summed E-state index contributed by atoms with van der Waals surface area (Å²) in [5.74, 6) is -0.0590. The number of carbonyl (C=O) groups is 1. The molecule has 1 aliphatic carbocycles. The topological polar surface area (TPSA) is 38.3 Å². The van der Waals surface area contributed by atoms with Crippen LogP contribution in [-0.4, -0.2) is 25.2 Å². The zero-order valence-corrected chi connectivity index (χ0v) is 8.84. The molecule has 0 aromatic heterocycles. The molecule has 0 radical (unpaired) electrons. The van der Waals surface area contributed by atoms with Crippen LogP contribution in [0.4, 0.5) is 0 Å². The lowest BCUT2D eigenvalue weighted by atomic mass is 9.84. The average Bonchev–Trinajstić information content (AvgIpc) is 2.78. The van der Waals surface area contributed by atoms with Gasteiger partial charge in [0.15, 0.2) is 0 Å². The predicted molar refractivity (Wildman–Crippen MR) is 53.9 cm³/mol. The second-order valence-corrected chi connectivity index (χ2v) is 4.60. The SMILES string of the molecule is CCOC(=O)[C@@H]1CC2(CCCC2)CN1. The maximum atomic E-state index is 11.5. The van der Waals surface area contributed by atoms with Crippen LogP contribution in [-0.2, 0) is 9.53 Å². The van der Waals surface area contributed by atoms with E-state index < -0.39 is 0 Å². The van der Waals surface area contributed by atoms with Crippen molar-refractivity contribution in [1.82, 2.24) is 5.32 Å². The first-order valence-corrected chi connectivity index (χ1v) is 5.66. The summed E-state index contributed by atoms with van der Waals surface area (Å²) in [6.07, 6.45) is 6.23. The summed E-state index contributed by atoms with van der Waals surface area (Å²) < 4.78 is 5.03. The molecule has 1 heterocycles. The minimum absolute atomic E-state index is 0.0342. The molecule has 2 fully saturated rings. The lowest BCUT2D eigenvalue weighted by Crippen LogP contribution is -2.32. The van der Waals surface area contributed by atoms with Gasteiger partial charge in [-0.25, -0.2) is 0 Å². The molecule has 1 spiro atoms. The minimum Gasteiger partial charge on any atom is -0.465 e. The van der Waals surface area contributed by atoms with Crippen molar-refractivity contribution >= 4 is 5.97 Å². The van der Waals surface area contributed by atoms with E-state index in [1.54, 1.807) is 0 Å². The lowest BCUT2D eigenvalue weighted by molar-refractivity contribution is -0.145. The zero-order chi connectivity index (χ0) is 10.0. The fraction of sp³-hybridized carbons (Fsp3) is 0.909. The van der Waals surface area contributed by atoms with Crippen molar-refractivity contribution in [2.24, 2.45) is 5.41 Å². The van der Waals surface area contributed by atoms with Gasteiger partial charge in [0.25, 0.3) is 0 Å². The third-order valence-corrected chi connectivity index (χ3v) is 3.60. The Bertz CT molecular complexity index is 221. The number of carbonyl (C=O) groups excluding carboxylic acids is 1. The van der Waals surface area contributed by atoms with E-state index in [4.69, 9.17) is 4.74 Å². The predicted octanol–water partition coefficient (Wildman–Crippen LogP) is 1.47. The van der Waals surface area contributed by atoms with E-state index in [0.29, 0.717) is 12.0 Å². The van der Waals surface area contributed by atoms with E-state index in [1.165, 1.54) is 25.7 Å². The summed E-state index contributed by atoms with van der Waals surface area (Å²) >= 11 is 0. The molecule has 3 heteroatoms. The summed E-state index contributed by atoms with van der Waals surface area (Å²) in [6.45, 7) is 3.36. The van der Waals surface area contributed by atoms with Gasteiger partial charge in [-0.1, -0.05) is 12.8 Å². The molecule has 2 rings (SSSR count). The Morgan fingerprint density at radius 2 is 2.21 bits per heavy atom. The molecule has 1 N–H and O–H groups in total. The first kappa shape index (κ1) is 9.97. The van der Waals surface area contributed by atoms with Crippen molar-refractivity contribution < 1.29 is 9.53 Å². The number of hydrogen-bond donors (Lipinski definition) is 1. The van der Waals surface area contributed by atoms with Crippen LogP contribution in [0.25, 0.3) is 0 Å². The molecule has 3 nitrogen and oxygen atoms in total. The summed E-state index contributed by atoms with van der Waals surface area (Å²) in [6, 6.07) is -0.0342. The van der Waals surface area contributed by atoms with E-state index >= 15 is 0 Å². The van der Waals surface area contributed by atoms with Crippen LogP contribution in [0.2, 0.25) is 0 Å². The van der Waals surface area contributed by atoms with Gasteiger partial charge in [0, 0.05) is 6.54 Å². The molecule has 1 saturated carbocycles. The number of hydrogen-bond acceptors (Lipinski definition) is 3. The summed E-state index contributed by atoms with van der Waals surface area (Å²) in [5.41, 5.74) is 0.428. The van der Waals surface area contributed by atoms with Crippen LogP contribution in [0.15, 0.2) is 0 Å². The maximum absolute atomic E-state index is 11.5. The molecule has 1 atom stereocenters. The standard InChI is InChI=1S/C11H19NO2/c1-2-14-10(13)9-7-11(8-12-9)5-3-4-6-11/h9,12H,2-8H2,1H3/t9-/m0/s1. The van der Waals surface area contributed by atoms with Crippen LogP contribution >= 0.6 is 0 Å². The maximum Gasteiger partial charge on any atom is 0.323 e. The Balaban J connectivity index is 1.90. The van der Waals surface area contributed by atoms with Crippen molar-refractivity contribution in [2.45, 2.75) is 45.1 Å². The van der Waals surface area contributed by atoms with Gasteiger partial charge >= 0.3 is 5.97 Å². The fourth-order valence-electron chi connectivity index (χ4n) is 2.83. The highest BCUT2D eigenvalue weighted by Gasteiger charge is 2.43. The van der Waals surface area contributed by atoms with Gasteiger partial charge in [-0.3, -0.25) is 4.79 Å². The Morgan fingerprint density at radius 1 is 1.50 bits per heavy atom. The summed E-state index contributed by atoms with van der Waals surface area (Å²) in [7, 11) is 0. The quantitative estimate of drug-likeness (QED) is 0.681. The zero-order valence-electron chi connectivity index (χ0n) is 8.84. The second-order valence-electron chi connectivity index (χ2n) is 4.60. The molecule has 0 aromatic rings. The van der Waals surface area contributed by atoms with Crippen LogP contribution in [0.5, 0.6) is 0 Å². The highest BCUT2D eigenvalue weighted by Crippen LogP contribution is 2.44. The summed E-state index contributed by atoms with van der Waals surface area (Å²) in [4.78, 5) is 11.5. The number of nitrogens with one attached hydrogen (secondary N) is 1. The van der Waals surface area contributed by atoms with Crippen LogP contribution < -0.4 is 5.32 Å². The fourth-order valence-corrected chi connectivity index (χ4v) is 2.83. The van der Waals surface area contributed by atoms with Gasteiger partial charge in [-0.05, 0) is 31.6 Å². The van der Waals surface area contributed by atoms with Gasteiger partial charge < -0.3 is 10.1 Å². The molecule has 0 unspecified atom stereocenters. The molecule has 0 amide bonds. The van der Waals surface area contributed by atoms with E-state index in [1.807, 2.05) is 6.92 Å². The third-order valence-electron chi connectivity index (χ3n) is 3.60. The highest BCUT2D eigenvalue weighted by atomic mass is 16.5. The van der Waals surface area contributed by atoms with Crippen molar-refractivity contribution in [3.05, 3.63) is 0 Å². The Morgan fingerprint density at radius 3 is 2.86 bits per heavy atom. The molecule has 1 aliphatic heterocycles. The molecular formula is C11H19NO2. The van der Waals surface area contributed by atoms with Crippen molar-refractivity contribution in [1.29, 1.82) is 0 Å². The molecule has 1 saturated heterocycles. The highest BCUT2D eigenvalue weighted by molar-refractivity contribution is 5.76. The lowest BCUT2D eigenvalue weighted by Gasteiger charge is -2.20. The first-order chi connectivity index (χ1) is 6.76. The number of rotatable bonds is 2. The van der Waals surface area contributed by atoms with Crippen LogP contribution in [0, 0.1) is 5.41 Å². The monoisotopic (exact) mass is 197 g/mol. The normalized spacial score (nSPS) is 29.6. The van der Waals surface area contributed by atoms with Crippen LogP contribution in [0.1, 0.15) is 39.0 Å². The molecular weight excluding hydrogens is 178 g/mol. The largest absolute Gasteiger partial charge is 0.465 e. The van der Waals surface area contributed by atoms with Gasteiger partial charge in [0.2, 0.25) is 0 Å². The molecule has 80 valence electrons. The second kappa shape index (κ2) is 3.89. The smallest absolute Gasteiger partial charge is 0.323 e. The van der Waals surface area contributed by atoms with E-state index in [-0.39, 0.29) is 12.0 Å². The average molecular weight is 197 g/mol. The van der Waals surface area contributed by atoms with Gasteiger partial charge in [0.05, 0.1) is 6.61 Å². The number of ether oxygens (including phenoxy) is 1. The van der Waals surface area contributed by atoms with E-state index in [0.717, 1.165) is 13.0 Å². The van der Waals surface area contributed by atoms with E-state index in [2.05, 4.69) is 5.32 Å². The molecule has 2 aliphatic rings. The van der Waals surface area contributed by atoms with Crippen molar-refractivity contribution in [2.75, 3.05) is 13.2 Å². The molecule has 0 aromatic carbocycles. The van der Waals surface area contributed by atoms with Crippen LogP contribution in [0.3, 0.4) is 0 Å². The first-order valence-electron chi connectivity index (χ1n) is 5.66. The Kier molecular flexibility index (Phi) is 2.77. The Hall–Kier alpha value is -0.570. The molecule has 0 bridgehead atoms. The number of esters is 1.